The van der Waals surface area contributed by atoms with Gasteiger partial charge >= 0.3 is 5.97 Å². The number of aromatic carboxylic acids is 1. The quantitative estimate of drug-likeness (QED) is 0.325. The SMILES string of the molecule is Cc1ccccc1S(=O)(=O)Nc1ccc2nc(N3CCN(C(C)CC(C)C)CC3)cc(C(=O)O)c2c1.Cl.Cl.Cl. The van der Waals surface area contributed by atoms with E-state index in [0.29, 0.717) is 34.2 Å². The number of aromatic nitrogens is 1. The Morgan fingerprint density at radius 3 is 2.23 bits per heavy atom. The predicted molar refractivity (Wildman–Crippen MR) is 165 cm³/mol. The lowest BCUT2D eigenvalue weighted by molar-refractivity contribution is 0.0699. The van der Waals surface area contributed by atoms with E-state index in [-0.39, 0.29) is 53.4 Å². The molecule has 12 heteroatoms. The van der Waals surface area contributed by atoms with Crippen LogP contribution in [0.2, 0.25) is 0 Å². The molecule has 8 nitrogen and oxygen atoms in total. The number of sulfonamides is 1. The van der Waals surface area contributed by atoms with Crippen LogP contribution in [0.5, 0.6) is 0 Å². The van der Waals surface area contributed by atoms with Crippen LogP contribution in [0.1, 0.15) is 43.1 Å². The average Bonchev–Trinajstić information content (AvgIpc) is 2.83. The third kappa shape index (κ3) is 8.11. The molecule has 2 N–H and O–H groups in total. The Bertz CT molecular complexity index is 1380. The van der Waals surface area contributed by atoms with Gasteiger partial charge in [0.1, 0.15) is 5.82 Å². The summed E-state index contributed by atoms with van der Waals surface area (Å²) in [6.45, 7) is 11.8. The molecular formula is C27H37Cl3N4O4S. The molecule has 1 unspecified atom stereocenters. The van der Waals surface area contributed by atoms with E-state index in [1.54, 1.807) is 49.4 Å². The summed E-state index contributed by atoms with van der Waals surface area (Å²) >= 11 is 0. The number of hydrogen-bond acceptors (Lipinski definition) is 6. The van der Waals surface area contributed by atoms with Crippen molar-refractivity contribution in [3.05, 3.63) is 59.7 Å². The lowest BCUT2D eigenvalue weighted by Crippen LogP contribution is -2.50. The Labute approximate surface area is 249 Å². The van der Waals surface area contributed by atoms with E-state index in [4.69, 9.17) is 4.98 Å². The van der Waals surface area contributed by atoms with E-state index in [1.807, 2.05) is 0 Å². The lowest BCUT2D eigenvalue weighted by Gasteiger charge is -2.39. The van der Waals surface area contributed by atoms with Crippen LogP contribution < -0.4 is 9.62 Å². The van der Waals surface area contributed by atoms with Gasteiger partial charge in [0, 0.05) is 43.3 Å². The first-order valence-electron chi connectivity index (χ1n) is 12.3. The normalized spacial score (nSPS) is 14.6. The molecule has 216 valence electrons. The number of carboxylic acids is 1. The second-order valence-electron chi connectivity index (χ2n) is 9.94. The standard InChI is InChI=1S/C27H34N4O4S.3ClH/c1-18(2)15-20(4)30-11-13-31(14-12-30)26-17-23(27(32)33)22-16-21(9-10-24(22)28-26)29-36(34,35)25-8-6-5-7-19(25)3;;;/h5-10,16-18,20,29H,11-15H2,1-4H3,(H,32,33);3*1H. The number of nitrogens with zero attached hydrogens (tertiary/aromatic N) is 3. The fourth-order valence-electron chi connectivity index (χ4n) is 4.91. The van der Waals surface area contributed by atoms with Gasteiger partial charge in [-0.3, -0.25) is 9.62 Å². The number of aryl methyl sites for hydroxylation is 1. The zero-order valence-corrected chi connectivity index (χ0v) is 25.7. The number of benzene rings is 2. The number of pyridine rings is 1. The monoisotopic (exact) mass is 618 g/mol. The van der Waals surface area contributed by atoms with Crippen molar-refractivity contribution in [2.24, 2.45) is 5.92 Å². The zero-order valence-electron chi connectivity index (χ0n) is 22.5. The van der Waals surface area contributed by atoms with Gasteiger partial charge in [-0.1, -0.05) is 32.0 Å². The van der Waals surface area contributed by atoms with Crippen molar-refractivity contribution in [2.75, 3.05) is 35.8 Å². The summed E-state index contributed by atoms with van der Waals surface area (Å²) in [5.74, 6) is 0.195. The van der Waals surface area contributed by atoms with Crippen molar-refractivity contribution >= 4 is 75.6 Å². The van der Waals surface area contributed by atoms with Crippen LogP contribution in [0.4, 0.5) is 11.5 Å². The zero-order chi connectivity index (χ0) is 26.0. The van der Waals surface area contributed by atoms with Gasteiger partial charge in [0.15, 0.2) is 0 Å². The summed E-state index contributed by atoms with van der Waals surface area (Å²) in [5.41, 5.74) is 1.53. The Morgan fingerprint density at radius 1 is 1.00 bits per heavy atom. The number of halogens is 3. The third-order valence-electron chi connectivity index (χ3n) is 6.74. The molecule has 0 bridgehead atoms. The highest BCUT2D eigenvalue weighted by Gasteiger charge is 2.24. The van der Waals surface area contributed by atoms with Crippen molar-refractivity contribution in [1.82, 2.24) is 9.88 Å². The highest BCUT2D eigenvalue weighted by molar-refractivity contribution is 7.92. The molecule has 1 atom stereocenters. The molecule has 0 saturated carbocycles. The van der Waals surface area contributed by atoms with Crippen LogP contribution >= 0.6 is 37.2 Å². The van der Waals surface area contributed by atoms with Crippen molar-refractivity contribution in [1.29, 1.82) is 0 Å². The van der Waals surface area contributed by atoms with Gasteiger partial charge in [-0.15, -0.1) is 37.2 Å². The van der Waals surface area contributed by atoms with Gasteiger partial charge in [-0.25, -0.2) is 18.2 Å². The van der Waals surface area contributed by atoms with Crippen LogP contribution in [0, 0.1) is 12.8 Å². The molecule has 0 radical (unpaired) electrons. The summed E-state index contributed by atoms with van der Waals surface area (Å²) in [6, 6.07) is 13.6. The maximum atomic E-state index is 12.9. The predicted octanol–water partition coefficient (Wildman–Crippen LogP) is 5.86. The fraction of sp³-hybridized carbons (Fsp3) is 0.407. The van der Waals surface area contributed by atoms with Gasteiger partial charge in [-0.05, 0) is 62.1 Å². The molecule has 2 aromatic carbocycles. The highest BCUT2D eigenvalue weighted by atomic mass is 35.5. The Morgan fingerprint density at radius 2 is 1.64 bits per heavy atom. The number of nitrogens with one attached hydrogen (secondary N) is 1. The van der Waals surface area contributed by atoms with E-state index >= 15 is 0 Å². The molecule has 1 aromatic heterocycles. The first-order chi connectivity index (χ1) is 17.0. The number of fused-ring (bicyclic) bond motifs is 1. The minimum absolute atomic E-state index is 0. The number of hydrogen-bond donors (Lipinski definition) is 2. The number of carboxylic acid groups (broad SMARTS) is 1. The van der Waals surface area contributed by atoms with E-state index in [0.717, 1.165) is 32.6 Å². The maximum absolute atomic E-state index is 12.9. The summed E-state index contributed by atoms with van der Waals surface area (Å²) in [5, 5.41) is 10.3. The molecule has 1 saturated heterocycles. The molecular weight excluding hydrogens is 583 g/mol. The summed E-state index contributed by atoms with van der Waals surface area (Å²) in [4.78, 5) is 21.7. The van der Waals surface area contributed by atoms with E-state index in [9.17, 15) is 18.3 Å². The largest absolute Gasteiger partial charge is 0.478 e. The van der Waals surface area contributed by atoms with Gasteiger partial charge in [0.2, 0.25) is 0 Å². The number of carbonyl (C=O) groups is 1. The Balaban J connectivity index is 0.00000253. The van der Waals surface area contributed by atoms with Crippen LogP contribution in [-0.2, 0) is 10.0 Å². The summed E-state index contributed by atoms with van der Waals surface area (Å²) in [6.07, 6.45) is 1.15. The van der Waals surface area contributed by atoms with E-state index in [2.05, 4.69) is 35.3 Å². The van der Waals surface area contributed by atoms with Crippen LogP contribution in [0.3, 0.4) is 0 Å². The van der Waals surface area contributed by atoms with Crippen LogP contribution in [-0.4, -0.2) is 61.6 Å². The fourth-order valence-corrected chi connectivity index (χ4v) is 6.20. The first-order valence-corrected chi connectivity index (χ1v) is 13.8. The minimum atomic E-state index is -3.82. The van der Waals surface area contributed by atoms with Crippen molar-refractivity contribution in [3.8, 4) is 0 Å². The van der Waals surface area contributed by atoms with E-state index < -0.39 is 16.0 Å². The maximum Gasteiger partial charge on any atom is 0.336 e. The molecule has 1 fully saturated rings. The van der Waals surface area contributed by atoms with Gasteiger partial charge in [-0.2, -0.15) is 0 Å². The Hall–Kier alpha value is -2.30. The first kappa shape index (κ1) is 34.7. The number of piperazine rings is 1. The van der Waals surface area contributed by atoms with Gasteiger partial charge in [0.05, 0.1) is 16.0 Å². The van der Waals surface area contributed by atoms with Gasteiger partial charge in [0.25, 0.3) is 10.0 Å². The van der Waals surface area contributed by atoms with Gasteiger partial charge < -0.3 is 10.0 Å². The molecule has 39 heavy (non-hydrogen) atoms. The van der Waals surface area contributed by atoms with Crippen molar-refractivity contribution in [3.63, 3.8) is 0 Å². The summed E-state index contributed by atoms with van der Waals surface area (Å²) in [7, 11) is -3.82. The average molecular weight is 620 g/mol. The molecule has 1 aliphatic heterocycles. The lowest BCUT2D eigenvalue weighted by atomic mass is 10.0. The second kappa shape index (κ2) is 14.4. The Kier molecular flexibility index (Phi) is 12.8. The summed E-state index contributed by atoms with van der Waals surface area (Å²) < 4.78 is 28.4. The molecule has 0 amide bonds. The molecule has 1 aliphatic rings. The topological polar surface area (TPSA) is 103 Å². The third-order valence-corrected chi connectivity index (χ3v) is 8.28. The molecule has 2 heterocycles. The van der Waals surface area contributed by atoms with Crippen LogP contribution in [0.25, 0.3) is 10.9 Å². The molecule has 4 rings (SSSR count). The number of anilines is 2. The minimum Gasteiger partial charge on any atom is -0.478 e. The molecule has 3 aromatic rings. The smallest absolute Gasteiger partial charge is 0.336 e. The van der Waals surface area contributed by atoms with Crippen molar-refractivity contribution in [2.45, 2.75) is 45.1 Å². The van der Waals surface area contributed by atoms with E-state index in [1.165, 1.54) is 6.07 Å². The highest BCUT2D eigenvalue weighted by Crippen LogP contribution is 2.28. The molecule has 0 aliphatic carbocycles. The van der Waals surface area contributed by atoms with Crippen molar-refractivity contribution < 1.29 is 18.3 Å². The molecule has 0 spiro atoms. The second-order valence-corrected chi connectivity index (χ2v) is 11.6. The number of rotatable bonds is 8. The van der Waals surface area contributed by atoms with Crippen LogP contribution in [0.15, 0.2) is 53.4 Å².